The third kappa shape index (κ3) is 3.17. The van der Waals surface area contributed by atoms with Gasteiger partial charge in [-0.1, -0.05) is 24.3 Å². The van der Waals surface area contributed by atoms with Crippen molar-refractivity contribution in [3.63, 3.8) is 0 Å². The molecule has 0 saturated heterocycles. The van der Waals surface area contributed by atoms with Gasteiger partial charge in [0.2, 0.25) is 0 Å². The van der Waals surface area contributed by atoms with Crippen LogP contribution in [0.15, 0.2) is 67.3 Å². The minimum absolute atomic E-state index is 0.161. The predicted octanol–water partition coefficient (Wildman–Crippen LogP) is 2.96. The predicted molar refractivity (Wildman–Crippen MR) is 99.4 cm³/mol. The smallest absolute Gasteiger partial charge is 0.252 e. The van der Waals surface area contributed by atoms with Crippen molar-refractivity contribution >= 4 is 16.8 Å². The molecule has 0 aliphatic rings. The molecule has 0 atom stereocenters. The number of benzene rings is 1. The van der Waals surface area contributed by atoms with Gasteiger partial charge in [0.15, 0.2) is 0 Å². The van der Waals surface area contributed by atoms with Crippen LogP contribution < -0.4 is 5.32 Å². The first kappa shape index (κ1) is 16.0. The highest BCUT2D eigenvalue weighted by molar-refractivity contribution is 6.07. The summed E-state index contributed by atoms with van der Waals surface area (Å²) < 4.78 is 1.85. The molecule has 4 rings (SSSR count). The van der Waals surface area contributed by atoms with Crippen molar-refractivity contribution in [3.8, 4) is 11.4 Å². The number of pyridine rings is 2. The Kier molecular flexibility index (Phi) is 4.15. The fourth-order valence-corrected chi connectivity index (χ4v) is 2.83. The number of nitrogens with zero attached hydrogens (tertiary/aromatic N) is 4. The molecule has 0 radical (unpaired) electrons. The fourth-order valence-electron chi connectivity index (χ4n) is 2.83. The Labute approximate surface area is 150 Å². The van der Waals surface area contributed by atoms with Crippen LogP contribution in [0.25, 0.3) is 22.3 Å². The second kappa shape index (κ2) is 6.76. The van der Waals surface area contributed by atoms with E-state index in [0.29, 0.717) is 17.8 Å². The van der Waals surface area contributed by atoms with Gasteiger partial charge in [-0.2, -0.15) is 0 Å². The molecule has 3 heterocycles. The highest BCUT2D eigenvalue weighted by atomic mass is 16.1. The maximum atomic E-state index is 12.8. The van der Waals surface area contributed by atoms with E-state index in [1.165, 1.54) is 0 Å². The number of carbonyl (C=O) groups excluding carboxylic acids is 1. The van der Waals surface area contributed by atoms with E-state index in [4.69, 9.17) is 0 Å². The van der Waals surface area contributed by atoms with Crippen LogP contribution in [0.4, 0.5) is 0 Å². The molecule has 1 amide bonds. The van der Waals surface area contributed by atoms with E-state index in [0.717, 1.165) is 22.3 Å². The van der Waals surface area contributed by atoms with E-state index in [9.17, 15) is 4.79 Å². The van der Waals surface area contributed by atoms with Crippen molar-refractivity contribution in [3.05, 3.63) is 78.5 Å². The van der Waals surface area contributed by atoms with E-state index in [2.05, 4.69) is 20.3 Å². The fraction of sp³-hybridized carbons (Fsp3) is 0.100. The third-order valence-electron chi connectivity index (χ3n) is 4.08. The summed E-state index contributed by atoms with van der Waals surface area (Å²) in [5, 5.41) is 3.75. The van der Waals surface area contributed by atoms with Crippen LogP contribution in [-0.2, 0) is 13.6 Å². The maximum Gasteiger partial charge on any atom is 0.252 e. The summed E-state index contributed by atoms with van der Waals surface area (Å²) in [7, 11) is 1.90. The van der Waals surface area contributed by atoms with Crippen molar-refractivity contribution in [1.29, 1.82) is 0 Å². The topological polar surface area (TPSA) is 72.7 Å². The summed E-state index contributed by atoms with van der Waals surface area (Å²) in [6.45, 7) is 0.370. The monoisotopic (exact) mass is 343 g/mol. The average molecular weight is 343 g/mol. The van der Waals surface area contributed by atoms with E-state index < -0.39 is 0 Å². The van der Waals surface area contributed by atoms with E-state index in [1.54, 1.807) is 18.6 Å². The first-order valence-corrected chi connectivity index (χ1v) is 8.27. The summed E-state index contributed by atoms with van der Waals surface area (Å²) in [5.41, 5.74) is 3.55. The maximum absolute atomic E-state index is 12.8. The Morgan fingerprint density at radius 1 is 1.08 bits per heavy atom. The number of rotatable bonds is 4. The first-order chi connectivity index (χ1) is 12.7. The minimum Gasteiger partial charge on any atom is -0.346 e. The highest BCUT2D eigenvalue weighted by Crippen LogP contribution is 2.23. The molecule has 6 heteroatoms. The number of fused-ring (bicyclic) bond motifs is 1. The summed E-state index contributed by atoms with van der Waals surface area (Å²) in [6, 6.07) is 15.0. The van der Waals surface area contributed by atoms with Crippen LogP contribution in [0.5, 0.6) is 0 Å². The van der Waals surface area contributed by atoms with Crippen molar-refractivity contribution < 1.29 is 4.79 Å². The second-order valence-corrected chi connectivity index (χ2v) is 6.00. The van der Waals surface area contributed by atoms with Gasteiger partial charge in [0.25, 0.3) is 5.91 Å². The van der Waals surface area contributed by atoms with Crippen LogP contribution in [-0.4, -0.2) is 25.4 Å². The lowest BCUT2D eigenvalue weighted by atomic mass is 10.1. The van der Waals surface area contributed by atoms with Crippen LogP contribution in [0, 0.1) is 0 Å². The van der Waals surface area contributed by atoms with Gasteiger partial charge in [-0.3, -0.25) is 9.78 Å². The molecule has 0 bridgehead atoms. The van der Waals surface area contributed by atoms with Crippen LogP contribution in [0.3, 0.4) is 0 Å². The van der Waals surface area contributed by atoms with Gasteiger partial charge in [0.05, 0.1) is 41.0 Å². The van der Waals surface area contributed by atoms with Gasteiger partial charge >= 0.3 is 0 Å². The molecule has 26 heavy (non-hydrogen) atoms. The van der Waals surface area contributed by atoms with Crippen molar-refractivity contribution in [1.82, 2.24) is 24.8 Å². The number of para-hydroxylation sites is 1. The Hall–Kier alpha value is -3.54. The molecule has 6 nitrogen and oxygen atoms in total. The van der Waals surface area contributed by atoms with Crippen molar-refractivity contribution in [2.75, 3.05) is 0 Å². The van der Waals surface area contributed by atoms with Crippen molar-refractivity contribution in [2.24, 2.45) is 7.05 Å². The van der Waals surface area contributed by atoms with Crippen molar-refractivity contribution in [2.45, 2.75) is 6.54 Å². The van der Waals surface area contributed by atoms with E-state index >= 15 is 0 Å². The standard InChI is InChI=1S/C20H17N5O/c1-25-12-14(23-13-25)11-22-20(26)16-10-19(18-8-4-5-9-21-18)24-17-7-3-2-6-15(16)17/h2-10,12-13H,11H2,1H3,(H,22,26). The molecule has 0 aliphatic heterocycles. The molecule has 0 saturated carbocycles. The van der Waals surface area contributed by atoms with Gasteiger partial charge < -0.3 is 9.88 Å². The second-order valence-electron chi connectivity index (χ2n) is 6.00. The molecule has 0 fully saturated rings. The van der Waals surface area contributed by atoms with Gasteiger partial charge in [0.1, 0.15) is 0 Å². The number of imidazole rings is 1. The average Bonchev–Trinajstić information content (AvgIpc) is 3.11. The zero-order chi connectivity index (χ0) is 17.9. The summed E-state index contributed by atoms with van der Waals surface area (Å²) >= 11 is 0. The molecule has 0 aliphatic carbocycles. The minimum atomic E-state index is -0.161. The molecule has 128 valence electrons. The first-order valence-electron chi connectivity index (χ1n) is 8.27. The molecule has 1 N–H and O–H groups in total. The number of hydrogen-bond donors (Lipinski definition) is 1. The number of nitrogens with one attached hydrogen (secondary N) is 1. The Balaban J connectivity index is 1.71. The van der Waals surface area contributed by atoms with E-state index in [1.807, 2.05) is 60.3 Å². The zero-order valence-corrected chi connectivity index (χ0v) is 14.3. The molecule has 0 unspecified atom stereocenters. The molecule has 1 aromatic carbocycles. The number of aryl methyl sites for hydroxylation is 1. The highest BCUT2D eigenvalue weighted by Gasteiger charge is 2.14. The number of hydrogen-bond acceptors (Lipinski definition) is 4. The van der Waals surface area contributed by atoms with Gasteiger partial charge in [-0.15, -0.1) is 0 Å². The molecule has 3 aromatic heterocycles. The van der Waals surface area contributed by atoms with Gasteiger partial charge in [-0.05, 0) is 24.3 Å². The van der Waals surface area contributed by atoms with Crippen LogP contribution in [0.2, 0.25) is 0 Å². The van der Waals surface area contributed by atoms with Gasteiger partial charge in [0, 0.05) is 24.8 Å². The van der Waals surface area contributed by atoms with Gasteiger partial charge in [-0.25, -0.2) is 9.97 Å². The molecule has 0 spiro atoms. The summed E-state index contributed by atoms with van der Waals surface area (Å²) in [6.07, 6.45) is 5.31. The molecule has 4 aromatic rings. The molecular weight excluding hydrogens is 326 g/mol. The normalized spacial score (nSPS) is 10.8. The van der Waals surface area contributed by atoms with E-state index in [-0.39, 0.29) is 5.91 Å². The number of aromatic nitrogens is 4. The Bertz CT molecular complexity index is 1070. The quantitative estimate of drug-likeness (QED) is 0.618. The SMILES string of the molecule is Cn1cnc(CNC(=O)c2cc(-c3ccccn3)nc3ccccc23)c1. The molecular formula is C20H17N5O. The lowest BCUT2D eigenvalue weighted by molar-refractivity contribution is 0.0952. The summed E-state index contributed by atoms with van der Waals surface area (Å²) in [5.74, 6) is -0.161. The Morgan fingerprint density at radius 2 is 1.92 bits per heavy atom. The Morgan fingerprint density at radius 3 is 2.69 bits per heavy atom. The van der Waals surface area contributed by atoms with Crippen LogP contribution >= 0.6 is 0 Å². The third-order valence-corrected chi connectivity index (χ3v) is 4.08. The number of carbonyl (C=O) groups is 1. The lowest BCUT2D eigenvalue weighted by Gasteiger charge is -2.10. The zero-order valence-electron chi connectivity index (χ0n) is 14.3. The summed E-state index contributed by atoms with van der Waals surface area (Å²) in [4.78, 5) is 26.1. The largest absolute Gasteiger partial charge is 0.346 e. The lowest BCUT2D eigenvalue weighted by Crippen LogP contribution is -2.23. The van der Waals surface area contributed by atoms with Crippen LogP contribution in [0.1, 0.15) is 16.1 Å². The number of amides is 1.